The third-order valence-corrected chi connectivity index (χ3v) is 5.17. The van der Waals surface area contributed by atoms with Crippen molar-refractivity contribution >= 4 is 15.9 Å². The molecule has 1 aliphatic heterocycles. The van der Waals surface area contributed by atoms with Crippen LogP contribution in [-0.4, -0.2) is 30.1 Å². The van der Waals surface area contributed by atoms with E-state index in [2.05, 4.69) is 26.1 Å². The van der Waals surface area contributed by atoms with Crippen molar-refractivity contribution in [2.45, 2.75) is 44.2 Å². The maximum absolute atomic E-state index is 14.0. The fraction of sp³-hybridized carbons (Fsp3) is 0.625. The highest BCUT2D eigenvalue weighted by Gasteiger charge is 2.36. The number of hydrogen-bond donors (Lipinski definition) is 1. The van der Waals surface area contributed by atoms with Crippen molar-refractivity contribution in [2.24, 2.45) is 0 Å². The average molecular weight is 341 g/mol. The highest BCUT2D eigenvalue weighted by atomic mass is 79.9. The summed E-state index contributed by atoms with van der Waals surface area (Å²) in [5.41, 5.74) is 1.10. The van der Waals surface area contributed by atoms with Gasteiger partial charge in [0.05, 0.1) is 0 Å². The predicted octanol–water partition coefficient (Wildman–Crippen LogP) is 3.70. The van der Waals surface area contributed by atoms with Gasteiger partial charge in [0, 0.05) is 41.8 Å². The lowest BCUT2D eigenvalue weighted by atomic mass is 9.80. The summed E-state index contributed by atoms with van der Waals surface area (Å²) in [4.78, 5) is 2.41. The van der Waals surface area contributed by atoms with Gasteiger partial charge < -0.3 is 5.32 Å². The lowest BCUT2D eigenvalue weighted by molar-refractivity contribution is 0.0937. The quantitative estimate of drug-likeness (QED) is 0.883. The second kappa shape index (κ2) is 6.12. The summed E-state index contributed by atoms with van der Waals surface area (Å²) >= 11 is 3.32. The molecule has 1 aromatic carbocycles. The minimum Gasteiger partial charge on any atom is -0.309 e. The Morgan fingerprint density at radius 1 is 1.25 bits per heavy atom. The molecule has 0 radical (unpaired) electrons. The molecule has 1 heterocycles. The van der Waals surface area contributed by atoms with E-state index in [9.17, 15) is 4.39 Å². The zero-order chi connectivity index (χ0) is 14.0. The Kier molecular flexibility index (Phi) is 4.43. The fourth-order valence-electron chi connectivity index (χ4n) is 3.63. The van der Waals surface area contributed by atoms with Crippen LogP contribution in [0.4, 0.5) is 4.39 Å². The molecule has 0 amide bonds. The van der Waals surface area contributed by atoms with Gasteiger partial charge in [-0.1, -0.05) is 41.3 Å². The predicted molar refractivity (Wildman–Crippen MR) is 83.2 cm³/mol. The largest absolute Gasteiger partial charge is 0.309 e. The van der Waals surface area contributed by atoms with E-state index in [1.54, 1.807) is 6.07 Å². The van der Waals surface area contributed by atoms with Gasteiger partial charge in [-0.3, -0.25) is 4.90 Å². The first-order valence-electron chi connectivity index (χ1n) is 7.58. The Morgan fingerprint density at radius 3 is 2.80 bits per heavy atom. The molecule has 1 spiro atoms. The van der Waals surface area contributed by atoms with Gasteiger partial charge in [0.2, 0.25) is 0 Å². The number of nitrogens with one attached hydrogen (secondary N) is 1. The number of halogens is 2. The maximum Gasteiger partial charge on any atom is 0.128 e. The van der Waals surface area contributed by atoms with Gasteiger partial charge in [-0.2, -0.15) is 0 Å². The molecular formula is C16H22BrFN2. The molecule has 1 aromatic rings. The molecule has 1 aliphatic carbocycles. The molecule has 1 N–H and O–H groups in total. The Morgan fingerprint density at radius 2 is 2.05 bits per heavy atom. The molecule has 0 unspecified atom stereocenters. The molecule has 110 valence electrons. The van der Waals surface area contributed by atoms with Crippen LogP contribution in [0.2, 0.25) is 0 Å². The van der Waals surface area contributed by atoms with E-state index < -0.39 is 0 Å². The SMILES string of the molecule is Fc1cc(Br)ccc1CN1CCNC2(CCCCC2)C1. The standard InChI is InChI=1S/C16H22BrFN2/c17-14-5-4-13(15(18)10-14)11-20-9-8-19-16(12-20)6-2-1-3-7-16/h4-5,10,19H,1-3,6-9,11-12H2. The van der Waals surface area contributed by atoms with Gasteiger partial charge in [0.25, 0.3) is 0 Å². The van der Waals surface area contributed by atoms with Crippen LogP contribution in [0.25, 0.3) is 0 Å². The van der Waals surface area contributed by atoms with Gasteiger partial charge in [-0.05, 0) is 25.0 Å². The molecule has 2 aliphatic rings. The van der Waals surface area contributed by atoms with Crippen LogP contribution < -0.4 is 5.32 Å². The van der Waals surface area contributed by atoms with Crippen LogP contribution in [-0.2, 0) is 6.54 Å². The fourth-order valence-corrected chi connectivity index (χ4v) is 3.96. The molecule has 0 aromatic heterocycles. The van der Waals surface area contributed by atoms with Crippen molar-refractivity contribution in [3.05, 3.63) is 34.1 Å². The molecule has 1 saturated heterocycles. The van der Waals surface area contributed by atoms with Crippen LogP contribution >= 0.6 is 15.9 Å². The summed E-state index contributed by atoms with van der Waals surface area (Å²) in [6, 6.07) is 5.39. The summed E-state index contributed by atoms with van der Waals surface area (Å²) in [5, 5.41) is 3.73. The number of hydrogen-bond acceptors (Lipinski definition) is 2. The Balaban J connectivity index is 1.68. The highest BCUT2D eigenvalue weighted by Crippen LogP contribution is 2.31. The van der Waals surface area contributed by atoms with E-state index in [1.165, 1.54) is 32.1 Å². The van der Waals surface area contributed by atoms with Crippen molar-refractivity contribution in [3.8, 4) is 0 Å². The second-order valence-electron chi connectivity index (χ2n) is 6.21. The molecule has 4 heteroatoms. The van der Waals surface area contributed by atoms with Crippen LogP contribution in [0.15, 0.2) is 22.7 Å². The first kappa shape index (κ1) is 14.5. The monoisotopic (exact) mass is 340 g/mol. The Labute approximate surface area is 128 Å². The van der Waals surface area contributed by atoms with E-state index in [1.807, 2.05) is 12.1 Å². The molecule has 3 rings (SSSR count). The summed E-state index contributed by atoms with van der Waals surface area (Å²) in [5.74, 6) is -0.101. The molecule has 2 nitrogen and oxygen atoms in total. The first-order valence-corrected chi connectivity index (χ1v) is 8.38. The first-order chi connectivity index (χ1) is 9.67. The van der Waals surface area contributed by atoms with Gasteiger partial charge in [-0.25, -0.2) is 4.39 Å². The summed E-state index contributed by atoms with van der Waals surface area (Å²) in [6.45, 7) is 3.82. The minimum atomic E-state index is -0.101. The molecular weight excluding hydrogens is 319 g/mol. The molecule has 2 fully saturated rings. The van der Waals surface area contributed by atoms with E-state index in [0.29, 0.717) is 5.54 Å². The van der Waals surface area contributed by atoms with Gasteiger partial charge >= 0.3 is 0 Å². The number of piperazine rings is 1. The summed E-state index contributed by atoms with van der Waals surface area (Å²) < 4.78 is 14.8. The Bertz CT molecular complexity index is 466. The highest BCUT2D eigenvalue weighted by molar-refractivity contribution is 9.10. The third-order valence-electron chi connectivity index (χ3n) is 4.67. The number of rotatable bonds is 2. The second-order valence-corrected chi connectivity index (χ2v) is 7.13. The zero-order valence-corrected chi connectivity index (χ0v) is 13.4. The topological polar surface area (TPSA) is 15.3 Å². The van der Waals surface area contributed by atoms with E-state index in [-0.39, 0.29) is 5.82 Å². The van der Waals surface area contributed by atoms with Crippen LogP contribution in [0.1, 0.15) is 37.7 Å². The number of benzene rings is 1. The number of nitrogens with zero attached hydrogens (tertiary/aromatic N) is 1. The van der Waals surface area contributed by atoms with E-state index >= 15 is 0 Å². The molecule has 1 saturated carbocycles. The van der Waals surface area contributed by atoms with Crippen LogP contribution in [0, 0.1) is 5.82 Å². The van der Waals surface area contributed by atoms with E-state index in [4.69, 9.17) is 0 Å². The van der Waals surface area contributed by atoms with Crippen molar-refractivity contribution in [1.29, 1.82) is 0 Å². The van der Waals surface area contributed by atoms with Crippen molar-refractivity contribution < 1.29 is 4.39 Å². The lowest BCUT2D eigenvalue weighted by Crippen LogP contribution is -2.60. The summed E-state index contributed by atoms with van der Waals surface area (Å²) in [6.07, 6.45) is 6.56. The Hall–Kier alpha value is -0.450. The van der Waals surface area contributed by atoms with Gasteiger partial charge in [-0.15, -0.1) is 0 Å². The van der Waals surface area contributed by atoms with Crippen LogP contribution in [0.3, 0.4) is 0 Å². The molecule has 0 bridgehead atoms. The smallest absolute Gasteiger partial charge is 0.128 e. The molecule has 0 atom stereocenters. The van der Waals surface area contributed by atoms with Gasteiger partial charge in [0.1, 0.15) is 5.82 Å². The minimum absolute atomic E-state index is 0.101. The average Bonchev–Trinajstić information content (AvgIpc) is 2.43. The molecule has 20 heavy (non-hydrogen) atoms. The van der Waals surface area contributed by atoms with Gasteiger partial charge in [0.15, 0.2) is 0 Å². The van der Waals surface area contributed by atoms with E-state index in [0.717, 1.165) is 36.2 Å². The van der Waals surface area contributed by atoms with Crippen molar-refractivity contribution in [1.82, 2.24) is 10.2 Å². The maximum atomic E-state index is 14.0. The van der Waals surface area contributed by atoms with Crippen molar-refractivity contribution in [2.75, 3.05) is 19.6 Å². The normalized spacial score (nSPS) is 23.1. The zero-order valence-electron chi connectivity index (χ0n) is 11.8. The lowest BCUT2D eigenvalue weighted by Gasteiger charge is -2.46. The van der Waals surface area contributed by atoms with Crippen molar-refractivity contribution in [3.63, 3.8) is 0 Å². The summed E-state index contributed by atoms with van der Waals surface area (Å²) in [7, 11) is 0. The third kappa shape index (κ3) is 3.23. The van der Waals surface area contributed by atoms with Crippen LogP contribution in [0.5, 0.6) is 0 Å².